The van der Waals surface area contributed by atoms with E-state index in [1.54, 1.807) is 0 Å². The summed E-state index contributed by atoms with van der Waals surface area (Å²) in [5, 5.41) is 3.60. The second-order valence-corrected chi connectivity index (χ2v) is 8.58. The van der Waals surface area contributed by atoms with E-state index in [1.807, 2.05) is 0 Å². The molecule has 1 N–H and O–H groups in total. The van der Waals surface area contributed by atoms with Crippen LogP contribution in [-0.4, -0.2) is 45.2 Å². The number of hydrogen-bond donors (Lipinski definition) is 1. The average Bonchev–Trinajstić information content (AvgIpc) is 2.57. The second kappa shape index (κ2) is 7.76. The maximum Gasteiger partial charge on any atom is 0.147 e. The van der Waals surface area contributed by atoms with Crippen LogP contribution in [-0.2, 0) is 14.6 Å². The zero-order valence-electron chi connectivity index (χ0n) is 13.6. The van der Waals surface area contributed by atoms with Crippen molar-refractivity contribution in [3.05, 3.63) is 0 Å². The molecule has 0 radical (unpaired) electrons. The van der Waals surface area contributed by atoms with E-state index in [-0.39, 0.29) is 18.0 Å². The van der Waals surface area contributed by atoms with Gasteiger partial charge >= 0.3 is 0 Å². The molecule has 1 aliphatic heterocycles. The summed E-state index contributed by atoms with van der Waals surface area (Å²) in [4.78, 5) is 0. The summed E-state index contributed by atoms with van der Waals surface area (Å²) in [6, 6.07) is 0.353. The average molecular weight is 305 g/mol. The van der Waals surface area contributed by atoms with Gasteiger partial charge in [0.2, 0.25) is 0 Å². The largest absolute Gasteiger partial charge is 0.375 e. The molecule has 5 unspecified atom stereocenters. The minimum Gasteiger partial charge on any atom is -0.375 e. The van der Waals surface area contributed by atoms with E-state index in [1.165, 1.54) is 6.26 Å². The van der Waals surface area contributed by atoms with Gasteiger partial charge in [0.15, 0.2) is 0 Å². The van der Waals surface area contributed by atoms with Crippen molar-refractivity contribution in [1.82, 2.24) is 5.32 Å². The molecule has 0 saturated carbocycles. The van der Waals surface area contributed by atoms with Crippen LogP contribution in [0.1, 0.15) is 47.0 Å². The summed E-state index contributed by atoms with van der Waals surface area (Å²) in [6.07, 6.45) is 4.57. The minimum atomic E-state index is -2.86. The van der Waals surface area contributed by atoms with Crippen molar-refractivity contribution in [2.75, 3.05) is 18.6 Å². The van der Waals surface area contributed by atoms with Gasteiger partial charge in [0.05, 0.1) is 12.2 Å². The lowest BCUT2D eigenvalue weighted by atomic mass is 9.81. The molecule has 0 aromatic rings. The summed E-state index contributed by atoms with van der Waals surface area (Å²) in [7, 11) is -2.86. The zero-order chi connectivity index (χ0) is 15.3. The predicted molar refractivity (Wildman–Crippen MR) is 83.7 cm³/mol. The van der Waals surface area contributed by atoms with Gasteiger partial charge in [-0.3, -0.25) is 0 Å². The first-order chi connectivity index (χ1) is 9.26. The van der Waals surface area contributed by atoms with Crippen molar-refractivity contribution in [1.29, 1.82) is 0 Å². The van der Waals surface area contributed by atoms with Gasteiger partial charge in [-0.1, -0.05) is 13.8 Å². The molecule has 1 heterocycles. The smallest absolute Gasteiger partial charge is 0.147 e. The SMILES string of the molecule is CCCNC(CCCS(C)(=O)=O)C1C(C)OC(C)C1C. The molecule has 1 aliphatic rings. The molecule has 120 valence electrons. The zero-order valence-corrected chi connectivity index (χ0v) is 14.4. The summed E-state index contributed by atoms with van der Waals surface area (Å²) in [6.45, 7) is 9.65. The van der Waals surface area contributed by atoms with Crippen LogP contribution >= 0.6 is 0 Å². The van der Waals surface area contributed by atoms with Gasteiger partial charge in [-0.2, -0.15) is 0 Å². The third-order valence-corrected chi connectivity index (χ3v) is 5.50. The fourth-order valence-electron chi connectivity index (χ4n) is 3.31. The number of nitrogens with one attached hydrogen (secondary N) is 1. The fraction of sp³-hybridized carbons (Fsp3) is 1.00. The van der Waals surface area contributed by atoms with E-state index in [9.17, 15) is 8.42 Å². The predicted octanol–water partition coefficient (Wildman–Crippen LogP) is 2.24. The van der Waals surface area contributed by atoms with Crippen LogP contribution < -0.4 is 5.32 Å². The fourth-order valence-corrected chi connectivity index (χ4v) is 4.00. The molecule has 0 aliphatic carbocycles. The standard InChI is InChI=1S/C15H31NO3S/c1-6-9-16-14(8-7-10-20(5,17)18)15-11(2)12(3)19-13(15)4/h11-16H,6-10H2,1-5H3. The number of hydrogen-bond acceptors (Lipinski definition) is 4. The first-order valence-electron chi connectivity index (χ1n) is 7.82. The summed E-state index contributed by atoms with van der Waals surface area (Å²) in [5.41, 5.74) is 0. The Morgan fingerprint density at radius 3 is 2.30 bits per heavy atom. The molecule has 5 heteroatoms. The molecule has 1 fully saturated rings. The van der Waals surface area contributed by atoms with Crippen molar-refractivity contribution >= 4 is 9.84 Å². The molecular weight excluding hydrogens is 274 g/mol. The van der Waals surface area contributed by atoms with Crippen molar-refractivity contribution in [3.8, 4) is 0 Å². The lowest BCUT2D eigenvalue weighted by molar-refractivity contribution is 0.0472. The lowest BCUT2D eigenvalue weighted by Gasteiger charge is -2.30. The highest BCUT2D eigenvalue weighted by Crippen LogP contribution is 2.35. The van der Waals surface area contributed by atoms with Crippen LogP contribution in [0.25, 0.3) is 0 Å². The van der Waals surface area contributed by atoms with Gasteiger partial charge in [-0.25, -0.2) is 8.42 Å². The molecule has 4 nitrogen and oxygen atoms in total. The Balaban J connectivity index is 2.63. The van der Waals surface area contributed by atoms with Crippen LogP contribution in [0.15, 0.2) is 0 Å². The molecule has 0 bridgehead atoms. The van der Waals surface area contributed by atoms with E-state index in [4.69, 9.17) is 4.74 Å². The lowest BCUT2D eigenvalue weighted by Crippen LogP contribution is -2.42. The van der Waals surface area contributed by atoms with E-state index in [0.29, 0.717) is 17.9 Å². The normalized spacial score (nSPS) is 32.5. The van der Waals surface area contributed by atoms with Crippen molar-refractivity contribution in [2.24, 2.45) is 11.8 Å². The highest BCUT2D eigenvalue weighted by molar-refractivity contribution is 7.90. The maximum absolute atomic E-state index is 11.3. The third kappa shape index (κ3) is 5.34. The van der Waals surface area contributed by atoms with Gasteiger partial charge in [-0.05, 0) is 45.6 Å². The molecule has 1 saturated heterocycles. The Labute approximate surface area is 124 Å². The van der Waals surface area contributed by atoms with Gasteiger partial charge < -0.3 is 10.1 Å². The summed E-state index contributed by atoms with van der Waals surface area (Å²) < 4.78 is 28.5. The molecule has 0 aromatic carbocycles. The van der Waals surface area contributed by atoms with Gasteiger partial charge in [0, 0.05) is 24.0 Å². The topological polar surface area (TPSA) is 55.4 Å². The van der Waals surface area contributed by atoms with Crippen LogP contribution in [0.4, 0.5) is 0 Å². The summed E-state index contributed by atoms with van der Waals surface area (Å²) in [5.74, 6) is 1.26. The molecular formula is C15H31NO3S. The highest BCUT2D eigenvalue weighted by Gasteiger charge is 2.41. The highest BCUT2D eigenvalue weighted by atomic mass is 32.2. The van der Waals surface area contributed by atoms with Crippen LogP contribution in [0, 0.1) is 11.8 Å². The Morgan fingerprint density at radius 1 is 1.20 bits per heavy atom. The minimum absolute atomic E-state index is 0.243. The quantitative estimate of drug-likeness (QED) is 0.747. The Bertz CT molecular complexity index is 383. The number of rotatable bonds is 8. The molecule has 5 atom stereocenters. The Hall–Kier alpha value is -0.130. The second-order valence-electron chi connectivity index (χ2n) is 6.32. The van der Waals surface area contributed by atoms with E-state index >= 15 is 0 Å². The van der Waals surface area contributed by atoms with E-state index in [2.05, 4.69) is 33.0 Å². The van der Waals surface area contributed by atoms with Crippen LogP contribution in [0.2, 0.25) is 0 Å². The van der Waals surface area contributed by atoms with E-state index in [0.717, 1.165) is 25.8 Å². The maximum atomic E-state index is 11.3. The molecule has 1 rings (SSSR count). The van der Waals surface area contributed by atoms with E-state index < -0.39 is 9.84 Å². The number of sulfone groups is 1. The molecule has 20 heavy (non-hydrogen) atoms. The van der Waals surface area contributed by atoms with Gasteiger partial charge in [-0.15, -0.1) is 0 Å². The molecule has 0 spiro atoms. The van der Waals surface area contributed by atoms with Crippen molar-refractivity contribution < 1.29 is 13.2 Å². The first-order valence-corrected chi connectivity index (χ1v) is 9.89. The number of ether oxygens (including phenoxy) is 1. The van der Waals surface area contributed by atoms with Gasteiger partial charge in [0.1, 0.15) is 9.84 Å². The Kier molecular flexibility index (Phi) is 6.95. The van der Waals surface area contributed by atoms with Crippen LogP contribution in [0.3, 0.4) is 0 Å². The van der Waals surface area contributed by atoms with Crippen molar-refractivity contribution in [2.45, 2.75) is 65.2 Å². The first kappa shape index (κ1) is 17.9. The molecule has 0 amide bonds. The molecule has 0 aromatic heterocycles. The van der Waals surface area contributed by atoms with Crippen molar-refractivity contribution in [3.63, 3.8) is 0 Å². The Morgan fingerprint density at radius 2 is 1.85 bits per heavy atom. The van der Waals surface area contributed by atoms with Crippen LogP contribution in [0.5, 0.6) is 0 Å². The summed E-state index contributed by atoms with van der Waals surface area (Å²) >= 11 is 0. The third-order valence-electron chi connectivity index (χ3n) is 4.47. The van der Waals surface area contributed by atoms with Gasteiger partial charge in [0.25, 0.3) is 0 Å². The monoisotopic (exact) mass is 305 g/mol.